The van der Waals surface area contributed by atoms with E-state index < -0.39 is 5.97 Å². The minimum absolute atomic E-state index is 0.118. The van der Waals surface area contributed by atoms with Crippen molar-refractivity contribution >= 4 is 17.0 Å². The number of aromatic nitrogens is 3. The number of hydrogen-bond donors (Lipinski definition) is 2. The molecular weight excluding hydrogens is 242 g/mol. The Hall–Kier alpha value is -1.91. The summed E-state index contributed by atoms with van der Waals surface area (Å²) < 4.78 is 0. The van der Waals surface area contributed by atoms with Crippen LogP contribution in [0.25, 0.3) is 11.0 Å². The fraction of sp³-hybridized carbons (Fsp3) is 0.500. The Bertz CT molecular complexity index is 567. The lowest BCUT2D eigenvalue weighted by molar-refractivity contribution is -0.139. The van der Waals surface area contributed by atoms with Gasteiger partial charge in [0.05, 0.1) is 23.7 Å². The highest BCUT2D eigenvalue weighted by molar-refractivity contribution is 5.73. The van der Waals surface area contributed by atoms with Crippen LogP contribution in [0.15, 0.2) is 18.5 Å². The summed E-state index contributed by atoms with van der Waals surface area (Å²) >= 11 is 0. The second-order valence-corrected chi connectivity index (χ2v) is 5.53. The number of rotatable bonds is 4. The first kappa shape index (κ1) is 12.1. The summed E-state index contributed by atoms with van der Waals surface area (Å²) in [5, 5.41) is 9.12. The molecule has 1 aliphatic rings. The highest BCUT2D eigenvalue weighted by atomic mass is 16.4. The minimum Gasteiger partial charge on any atom is -0.481 e. The van der Waals surface area contributed by atoms with Crippen LogP contribution in [0.4, 0.5) is 0 Å². The number of pyridine rings is 1. The van der Waals surface area contributed by atoms with Gasteiger partial charge in [0.1, 0.15) is 5.82 Å². The molecule has 3 rings (SSSR count). The number of H-pyrrole nitrogens is 1. The highest BCUT2D eigenvalue weighted by Gasteiger charge is 2.37. The van der Waals surface area contributed by atoms with Gasteiger partial charge in [-0.3, -0.25) is 9.78 Å². The first-order chi connectivity index (χ1) is 9.17. The molecule has 0 aromatic carbocycles. The largest absolute Gasteiger partial charge is 0.481 e. The predicted octanol–water partition coefficient (Wildman–Crippen LogP) is 2.54. The molecule has 0 atom stereocenters. The van der Waals surface area contributed by atoms with Gasteiger partial charge in [-0.2, -0.15) is 0 Å². The Labute approximate surface area is 111 Å². The molecule has 0 spiro atoms. The zero-order valence-corrected chi connectivity index (χ0v) is 10.7. The average molecular weight is 259 g/mol. The molecule has 0 amide bonds. The molecule has 5 heteroatoms. The maximum Gasteiger partial charge on any atom is 0.303 e. The number of hydrogen-bond acceptors (Lipinski definition) is 3. The molecule has 1 fully saturated rings. The van der Waals surface area contributed by atoms with E-state index in [-0.39, 0.29) is 11.8 Å². The van der Waals surface area contributed by atoms with E-state index in [2.05, 4.69) is 15.0 Å². The Kier molecular flexibility index (Phi) is 2.97. The van der Waals surface area contributed by atoms with Crippen molar-refractivity contribution in [3.05, 3.63) is 24.3 Å². The van der Waals surface area contributed by atoms with Crippen molar-refractivity contribution in [2.75, 3.05) is 0 Å². The molecule has 2 heterocycles. The molecule has 0 radical (unpaired) electrons. The van der Waals surface area contributed by atoms with Crippen molar-refractivity contribution in [1.29, 1.82) is 0 Å². The third kappa shape index (κ3) is 2.45. The van der Waals surface area contributed by atoms with Crippen molar-refractivity contribution in [1.82, 2.24) is 15.0 Å². The number of aliphatic carboxylic acids is 1. The summed E-state index contributed by atoms with van der Waals surface area (Å²) in [6, 6.07) is 1.87. The lowest BCUT2D eigenvalue weighted by atomic mass is 9.79. The number of carbonyl (C=O) groups is 1. The number of nitrogens with one attached hydrogen (secondary N) is 1. The lowest BCUT2D eigenvalue weighted by Crippen LogP contribution is -2.24. The third-order valence-corrected chi connectivity index (χ3v) is 4.07. The predicted molar refractivity (Wildman–Crippen MR) is 70.7 cm³/mol. The van der Waals surface area contributed by atoms with Gasteiger partial charge in [-0.15, -0.1) is 0 Å². The van der Waals surface area contributed by atoms with Crippen molar-refractivity contribution in [3.63, 3.8) is 0 Å². The number of aromatic amines is 1. The maximum absolute atomic E-state index is 11.1. The van der Waals surface area contributed by atoms with Gasteiger partial charge < -0.3 is 10.1 Å². The second-order valence-electron chi connectivity index (χ2n) is 5.53. The van der Waals surface area contributed by atoms with E-state index in [0.717, 1.165) is 42.5 Å². The monoisotopic (exact) mass is 259 g/mol. The maximum atomic E-state index is 11.1. The minimum atomic E-state index is -0.709. The molecule has 100 valence electrons. The van der Waals surface area contributed by atoms with Gasteiger partial charge >= 0.3 is 5.97 Å². The Morgan fingerprint density at radius 2 is 2.21 bits per heavy atom. The molecule has 5 nitrogen and oxygen atoms in total. The van der Waals surface area contributed by atoms with Gasteiger partial charge in [-0.1, -0.05) is 12.8 Å². The van der Waals surface area contributed by atoms with Gasteiger partial charge in [0.25, 0.3) is 0 Å². The molecule has 2 aromatic rings. The molecule has 1 aliphatic carbocycles. The number of carboxylic acid groups (broad SMARTS) is 1. The topological polar surface area (TPSA) is 78.9 Å². The van der Waals surface area contributed by atoms with Crippen LogP contribution in [0.2, 0.25) is 0 Å². The van der Waals surface area contributed by atoms with Gasteiger partial charge in [0.15, 0.2) is 0 Å². The van der Waals surface area contributed by atoms with Crippen LogP contribution < -0.4 is 0 Å². The van der Waals surface area contributed by atoms with Crippen molar-refractivity contribution in [3.8, 4) is 0 Å². The van der Waals surface area contributed by atoms with E-state index in [4.69, 9.17) is 5.11 Å². The zero-order chi connectivity index (χ0) is 13.3. The number of fused-ring (bicyclic) bond motifs is 1. The fourth-order valence-electron chi connectivity index (χ4n) is 3.21. The van der Waals surface area contributed by atoms with Crippen LogP contribution >= 0.6 is 0 Å². The van der Waals surface area contributed by atoms with Crippen molar-refractivity contribution in [2.45, 2.75) is 38.5 Å². The van der Waals surface area contributed by atoms with Crippen LogP contribution in [-0.4, -0.2) is 26.0 Å². The summed E-state index contributed by atoms with van der Waals surface area (Å²) in [5.41, 5.74) is 1.70. The number of carboxylic acids is 1. The summed E-state index contributed by atoms with van der Waals surface area (Å²) in [6.07, 6.45) is 8.63. The molecule has 19 heavy (non-hydrogen) atoms. The van der Waals surface area contributed by atoms with Crippen molar-refractivity contribution < 1.29 is 9.90 Å². The standard InChI is InChI=1S/C14H17N3O2/c18-13(19)8-14(4-1-2-5-14)7-12-16-10-3-6-15-9-11(10)17-12/h3,6,9H,1-2,4-5,7-8H2,(H,16,17)(H,18,19). The third-order valence-electron chi connectivity index (χ3n) is 4.07. The molecule has 0 bridgehead atoms. The summed E-state index contributed by atoms with van der Waals surface area (Å²) in [7, 11) is 0. The Morgan fingerprint density at radius 3 is 2.89 bits per heavy atom. The second kappa shape index (κ2) is 4.64. The quantitative estimate of drug-likeness (QED) is 0.884. The molecule has 2 aromatic heterocycles. The molecule has 0 unspecified atom stereocenters. The SMILES string of the molecule is O=C(O)CC1(Cc2nc3ccncc3[nH]2)CCCC1. The highest BCUT2D eigenvalue weighted by Crippen LogP contribution is 2.43. The van der Waals surface area contributed by atoms with E-state index in [1.807, 2.05) is 6.07 Å². The van der Waals surface area contributed by atoms with E-state index in [0.29, 0.717) is 6.42 Å². The summed E-state index contributed by atoms with van der Waals surface area (Å²) in [5.74, 6) is 0.172. The fourth-order valence-corrected chi connectivity index (χ4v) is 3.21. The Balaban J connectivity index is 1.87. The molecular formula is C14H17N3O2. The number of nitrogens with zero attached hydrogens (tertiary/aromatic N) is 2. The Morgan fingerprint density at radius 1 is 1.42 bits per heavy atom. The van der Waals surface area contributed by atoms with E-state index in [1.165, 1.54) is 0 Å². The molecule has 2 N–H and O–H groups in total. The molecule has 1 saturated carbocycles. The van der Waals surface area contributed by atoms with E-state index in [9.17, 15) is 4.79 Å². The van der Waals surface area contributed by atoms with Crippen LogP contribution in [0.1, 0.15) is 37.9 Å². The zero-order valence-electron chi connectivity index (χ0n) is 10.7. The van der Waals surface area contributed by atoms with Crippen molar-refractivity contribution in [2.24, 2.45) is 5.41 Å². The van der Waals surface area contributed by atoms with Crippen LogP contribution in [0.3, 0.4) is 0 Å². The number of imidazole rings is 1. The summed E-state index contributed by atoms with van der Waals surface area (Å²) in [6.45, 7) is 0. The van der Waals surface area contributed by atoms with Gasteiger partial charge in [-0.25, -0.2) is 4.98 Å². The average Bonchev–Trinajstić information content (AvgIpc) is 2.94. The first-order valence-corrected chi connectivity index (χ1v) is 6.67. The normalized spacial score (nSPS) is 17.9. The van der Waals surface area contributed by atoms with Gasteiger partial charge in [-0.05, 0) is 24.3 Å². The van der Waals surface area contributed by atoms with Gasteiger partial charge in [0, 0.05) is 12.6 Å². The summed E-state index contributed by atoms with van der Waals surface area (Å²) in [4.78, 5) is 22.9. The van der Waals surface area contributed by atoms with Crippen LogP contribution in [0, 0.1) is 5.41 Å². The van der Waals surface area contributed by atoms with E-state index in [1.54, 1.807) is 12.4 Å². The molecule has 0 aliphatic heterocycles. The van der Waals surface area contributed by atoms with Gasteiger partial charge in [0.2, 0.25) is 0 Å². The van der Waals surface area contributed by atoms with Crippen LogP contribution in [-0.2, 0) is 11.2 Å². The van der Waals surface area contributed by atoms with Crippen LogP contribution in [0.5, 0.6) is 0 Å². The lowest BCUT2D eigenvalue weighted by Gasteiger charge is -2.25. The smallest absolute Gasteiger partial charge is 0.303 e. The first-order valence-electron chi connectivity index (χ1n) is 6.67. The van der Waals surface area contributed by atoms with E-state index >= 15 is 0 Å². The molecule has 0 saturated heterocycles.